The van der Waals surface area contributed by atoms with Crippen molar-refractivity contribution in [2.24, 2.45) is 0 Å². The van der Waals surface area contributed by atoms with Crippen molar-refractivity contribution in [1.29, 1.82) is 0 Å². The second-order valence-electron chi connectivity index (χ2n) is 3.26. The number of carbonyl (C=O) groups is 1. The maximum Gasteiger partial charge on any atom is 0.336 e. The minimum Gasteiger partial charge on any atom is -0.478 e. The van der Waals surface area contributed by atoms with E-state index in [2.05, 4.69) is 6.58 Å². The van der Waals surface area contributed by atoms with E-state index in [0.717, 1.165) is 0 Å². The maximum absolute atomic E-state index is 10.5. The Balaban J connectivity index is 2.81. The van der Waals surface area contributed by atoms with Crippen LogP contribution in [0.2, 0.25) is 0 Å². The first-order valence-corrected chi connectivity index (χ1v) is 4.35. The van der Waals surface area contributed by atoms with Gasteiger partial charge in [-0.15, -0.1) is 0 Å². The Morgan fingerprint density at radius 3 is 2.27 bits per heavy atom. The Bertz CT molecular complexity index is 367. The third kappa shape index (κ3) is 2.90. The normalized spacial score (nSPS) is 11.1. The van der Waals surface area contributed by atoms with Crippen LogP contribution in [0.5, 0.6) is 0 Å². The quantitative estimate of drug-likeness (QED) is 0.499. The molecule has 0 saturated carbocycles. The second kappa shape index (κ2) is 4.25. The largest absolute Gasteiger partial charge is 0.478 e. The molecule has 0 aliphatic carbocycles. The molecule has 4 nitrogen and oxygen atoms in total. The van der Waals surface area contributed by atoms with Gasteiger partial charge in [0, 0.05) is 6.42 Å². The van der Waals surface area contributed by atoms with E-state index in [4.69, 9.17) is 5.11 Å². The number of aliphatic carboxylic acids is 1. The molecule has 0 radical (unpaired) electrons. The molecule has 1 rings (SSSR count). The molecule has 1 aromatic carbocycles. The molecule has 0 spiro atoms. The van der Waals surface area contributed by atoms with Crippen molar-refractivity contribution in [3.05, 3.63) is 48.0 Å². The first-order valence-electron chi connectivity index (χ1n) is 4.35. The zero-order chi connectivity index (χ0) is 11.5. The third-order valence-corrected chi connectivity index (χ3v) is 2.03. The van der Waals surface area contributed by atoms with E-state index in [1.165, 1.54) is 0 Å². The highest BCUT2D eigenvalue weighted by atomic mass is 16.5. The van der Waals surface area contributed by atoms with Gasteiger partial charge in [0.25, 0.3) is 0 Å². The molecule has 0 saturated heterocycles. The minimum atomic E-state index is -2.41. The van der Waals surface area contributed by atoms with Gasteiger partial charge in [-0.2, -0.15) is 0 Å². The van der Waals surface area contributed by atoms with Gasteiger partial charge in [-0.3, -0.25) is 0 Å². The van der Waals surface area contributed by atoms with E-state index in [-0.39, 0.29) is 6.42 Å². The number of carboxylic acid groups (broad SMARTS) is 1. The molecule has 0 aromatic heterocycles. The van der Waals surface area contributed by atoms with E-state index in [0.29, 0.717) is 5.56 Å². The fourth-order valence-electron chi connectivity index (χ4n) is 1.16. The van der Waals surface area contributed by atoms with Crippen LogP contribution in [-0.2, 0) is 11.2 Å². The number of rotatable bonds is 4. The topological polar surface area (TPSA) is 77.8 Å². The summed E-state index contributed by atoms with van der Waals surface area (Å²) in [5, 5.41) is 27.5. The number of benzene rings is 1. The number of carboxylic acids is 1. The van der Waals surface area contributed by atoms with Crippen molar-refractivity contribution in [1.82, 2.24) is 0 Å². The van der Waals surface area contributed by atoms with Gasteiger partial charge in [-0.05, 0) is 5.56 Å². The van der Waals surface area contributed by atoms with Crippen molar-refractivity contribution in [3.8, 4) is 0 Å². The predicted molar refractivity (Wildman–Crippen MR) is 54.1 cm³/mol. The Labute approximate surface area is 87.1 Å². The van der Waals surface area contributed by atoms with E-state index in [9.17, 15) is 15.0 Å². The first kappa shape index (κ1) is 11.4. The summed E-state index contributed by atoms with van der Waals surface area (Å²) in [5.74, 6) is -3.83. The Hall–Kier alpha value is -1.65. The Kier molecular flexibility index (Phi) is 3.24. The number of aliphatic hydroxyl groups is 2. The highest BCUT2D eigenvalue weighted by Gasteiger charge is 2.31. The molecule has 15 heavy (non-hydrogen) atoms. The fourth-order valence-corrected chi connectivity index (χ4v) is 1.16. The van der Waals surface area contributed by atoms with Crippen molar-refractivity contribution in [2.45, 2.75) is 12.2 Å². The van der Waals surface area contributed by atoms with Crippen LogP contribution in [0.3, 0.4) is 0 Å². The molecule has 0 fully saturated rings. The smallest absolute Gasteiger partial charge is 0.336 e. The zero-order valence-corrected chi connectivity index (χ0v) is 8.05. The van der Waals surface area contributed by atoms with Crippen LogP contribution in [0.15, 0.2) is 42.5 Å². The summed E-state index contributed by atoms with van der Waals surface area (Å²) in [4.78, 5) is 10.5. The van der Waals surface area contributed by atoms with Gasteiger partial charge in [0.05, 0.1) is 5.57 Å². The molecule has 0 amide bonds. The lowest BCUT2D eigenvalue weighted by molar-refractivity contribution is -0.153. The zero-order valence-electron chi connectivity index (χ0n) is 8.05. The predicted octanol–water partition coefficient (Wildman–Crippen LogP) is 0.551. The van der Waals surface area contributed by atoms with Gasteiger partial charge in [0.15, 0.2) is 5.79 Å². The summed E-state index contributed by atoms with van der Waals surface area (Å²) in [6, 6.07) is 8.60. The summed E-state index contributed by atoms with van der Waals surface area (Å²) in [7, 11) is 0. The average molecular weight is 208 g/mol. The molecule has 0 atom stereocenters. The molecule has 80 valence electrons. The first-order chi connectivity index (χ1) is 6.93. The van der Waals surface area contributed by atoms with E-state index in [1.807, 2.05) is 0 Å². The summed E-state index contributed by atoms with van der Waals surface area (Å²) >= 11 is 0. The summed E-state index contributed by atoms with van der Waals surface area (Å²) in [6.45, 7) is 3.12. The summed E-state index contributed by atoms with van der Waals surface area (Å²) in [6.07, 6.45) is -0.195. The molecule has 0 aliphatic heterocycles. The fraction of sp³-hybridized carbons (Fsp3) is 0.182. The molecule has 3 N–H and O–H groups in total. The molecular formula is C11H12O4. The van der Waals surface area contributed by atoms with Gasteiger partial charge < -0.3 is 15.3 Å². The Morgan fingerprint density at radius 1 is 1.27 bits per heavy atom. The van der Waals surface area contributed by atoms with Crippen LogP contribution >= 0.6 is 0 Å². The Morgan fingerprint density at radius 2 is 1.80 bits per heavy atom. The van der Waals surface area contributed by atoms with Crippen molar-refractivity contribution in [2.75, 3.05) is 0 Å². The molecule has 0 aliphatic rings. The monoisotopic (exact) mass is 208 g/mol. The molecule has 0 bridgehead atoms. The van der Waals surface area contributed by atoms with Crippen molar-refractivity contribution in [3.63, 3.8) is 0 Å². The third-order valence-electron chi connectivity index (χ3n) is 2.03. The molecule has 4 heteroatoms. The van der Waals surface area contributed by atoms with Gasteiger partial charge in [-0.25, -0.2) is 4.79 Å². The summed E-state index contributed by atoms with van der Waals surface area (Å²) in [5.41, 5.74) is -0.00347. The van der Waals surface area contributed by atoms with E-state index < -0.39 is 17.3 Å². The lowest BCUT2D eigenvalue weighted by Gasteiger charge is -2.21. The van der Waals surface area contributed by atoms with Gasteiger partial charge in [0.1, 0.15) is 0 Å². The average Bonchev–Trinajstić information content (AvgIpc) is 2.17. The highest BCUT2D eigenvalue weighted by Crippen LogP contribution is 2.18. The van der Waals surface area contributed by atoms with Gasteiger partial charge in [-0.1, -0.05) is 36.9 Å². The van der Waals surface area contributed by atoms with Crippen LogP contribution in [0.25, 0.3) is 0 Å². The molecule has 0 heterocycles. The van der Waals surface area contributed by atoms with Crippen LogP contribution in [-0.4, -0.2) is 27.1 Å². The molecular weight excluding hydrogens is 196 g/mol. The standard InChI is InChI=1S/C11H12O4/c1-8(10(12)13)11(14,15)7-9-5-3-2-4-6-9/h2-6,14-15H,1,7H2,(H,12,13). The maximum atomic E-state index is 10.5. The van der Waals surface area contributed by atoms with Crippen molar-refractivity contribution >= 4 is 5.97 Å². The van der Waals surface area contributed by atoms with E-state index in [1.54, 1.807) is 30.3 Å². The van der Waals surface area contributed by atoms with Gasteiger partial charge in [0.2, 0.25) is 0 Å². The number of hydrogen-bond acceptors (Lipinski definition) is 3. The van der Waals surface area contributed by atoms with Crippen LogP contribution in [0.4, 0.5) is 0 Å². The van der Waals surface area contributed by atoms with Crippen LogP contribution < -0.4 is 0 Å². The minimum absolute atomic E-state index is 0.195. The van der Waals surface area contributed by atoms with Gasteiger partial charge >= 0.3 is 5.97 Å². The lowest BCUT2D eigenvalue weighted by Crippen LogP contribution is -2.36. The van der Waals surface area contributed by atoms with E-state index >= 15 is 0 Å². The van der Waals surface area contributed by atoms with Crippen molar-refractivity contribution < 1.29 is 20.1 Å². The van der Waals surface area contributed by atoms with Crippen LogP contribution in [0.1, 0.15) is 5.56 Å². The lowest BCUT2D eigenvalue weighted by atomic mass is 9.99. The second-order valence-corrected chi connectivity index (χ2v) is 3.26. The number of hydrogen-bond donors (Lipinski definition) is 3. The summed E-state index contributed by atoms with van der Waals surface area (Å²) < 4.78 is 0. The van der Waals surface area contributed by atoms with Crippen LogP contribution in [0, 0.1) is 0 Å². The molecule has 1 aromatic rings. The SMILES string of the molecule is C=C(C(=O)O)C(O)(O)Cc1ccccc1. The highest BCUT2D eigenvalue weighted by molar-refractivity contribution is 5.87. The molecule has 0 unspecified atom stereocenters.